The van der Waals surface area contributed by atoms with Crippen LogP contribution >= 0.6 is 0 Å². The van der Waals surface area contributed by atoms with Crippen molar-refractivity contribution in [3.05, 3.63) is 237 Å². The molecule has 1 aromatic heterocycles. The molecule has 11 aromatic rings. The van der Waals surface area contributed by atoms with Crippen molar-refractivity contribution < 1.29 is 4.42 Å². The molecule has 0 saturated carbocycles. The van der Waals surface area contributed by atoms with Gasteiger partial charge in [0, 0.05) is 22.0 Å². The van der Waals surface area contributed by atoms with E-state index in [1.165, 1.54) is 44.2 Å². The van der Waals surface area contributed by atoms with Crippen LogP contribution in [0.5, 0.6) is 0 Å². The molecule has 0 saturated heterocycles. The van der Waals surface area contributed by atoms with E-state index < -0.39 is 0 Å². The van der Waals surface area contributed by atoms with Gasteiger partial charge in [-0.05, 0) is 103 Å². The van der Waals surface area contributed by atoms with Crippen LogP contribution in [0.2, 0.25) is 0 Å². The number of furan rings is 1. The average Bonchev–Trinajstić information content (AvgIpc) is 3.72. The molecule has 0 N–H and O–H groups in total. The van der Waals surface area contributed by atoms with Gasteiger partial charge in [0.25, 0.3) is 0 Å². The fourth-order valence-corrected chi connectivity index (χ4v) is 8.78. The van der Waals surface area contributed by atoms with Gasteiger partial charge in [-0.3, -0.25) is 0 Å². The maximum Gasteiger partial charge on any atom is 0.159 e. The summed E-state index contributed by atoms with van der Waals surface area (Å²) in [6.07, 6.45) is 0. The first kappa shape index (κ1) is 35.2. The summed E-state index contributed by atoms with van der Waals surface area (Å²) < 4.78 is 6.75. The van der Waals surface area contributed by atoms with Gasteiger partial charge in [-0.25, -0.2) is 0 Å². The molecule has 0 fully saturated rings. The van der Waals surface area contributed by atoms with Gasteiger partial charge in [-0.1, -0.05) is 194 Å². The second kappa shape index (κ2) is 15.1. The minimum Gasteiger partial charge on any atom is -0.454 e. The normalized spacial score (nSPS) is 11.3. The van der Waals surface area contributed by atoms with E-state index in [1.807, 2.05) is 6.07 Å². The molecule has 1 heterocycles. The van der Waals surface area contributed by atoms with Crippen LogP contribution in [0, 0.1) is 0 Å². The van der Waals surface area contributed by atoms with Crippen molar-refractivity contribution in [2.24, 2.45) is 0 Å². The first-order valence-corrected chi connectivity index (χ1v) is 20.5. The lowest BCUT2D eigenvalue weighted by molar-refractivity contribution is 0.669. The Hall–Kier alpha value is -7.94. The molecule has 0 spiro atoms. The van der Waals surface area contributed by atoms with Crippen LogP contribution in [0.4, 0.5) is 17.1 Å². The highest BCUT2D eigenvalue weighted by Crippen LogP contribution is 2.48. The van der Waals surface area contributed by atoms with Crippen LogP contribution in [-0.2, 0) is 0 Å². The maximum atomic E-state index is 6.75. The van der Waals surface area contributed by atoms with Gasteiger partial charge in [-0.2, -0.15) is 0 Å². The van der Waals surface area contributed by atoms with Crippen molar-refractivity contribution in [2.45, 2.75) is 0 Å². The van der Waals surface area contributed by atoms with E-state index in [4.69, 9.17) is 4.42 Å². The number of hydrogen-bond donors (Lipinski definition) is 0. The summed E-state index contributed by atoms with van der Waals surface area (Å²) in [4.78, 5) is 2.37. The van der Waals surface area contributed by atoms with Crippen molar-refractivity contribution in [3.8, 4) is 55.6 Å². The summed E-state index contributed by atoms with van der Waals surface area (Å²) in [7, 11) is 0. The predicted molar refractivity (Wildman–Crippen MR) is 253 cm³/mol. The molecule has 10 aromatic carbocycles. The van der Waals surface area contributed by atoms with Gasteiger partial charge in [0.15, 0.2) is 5.58 Å². The molecule has 0 bridgehead atoms. The lowest BCUT2D eigenvalue weighted by atomic mass is 9.87. The summed E-state index contributed by atoms with van der Waals surface area (Å²) >= 11 is 0. The standard InChI is InChI=1S/C58H39NO/c1-3-16-40(17-4-1)46-34-37-50(54(39-46)43-19-5-2-6-20-43)48-22-9-10-23-49(48)51-24-11-13-27-55(51)59(56-28-15-26-53-52-25-12-14-29-57(52)60-58(53)56)47-35-32-42(33-36-47)45-31-30-41-18-7-8-21-44(41)38-45/h1-39H. The molecule has 0 unspecified atom stereocenters. The molecule has 282 valence electrons. The molecule has 0 aliphatic carbocycles. The third-order valence-corrected chi connectivity index (χ3v) is 11.7. The van der Waals surface area contributed by atoms with Gasteiger partial charge in [0.2, 0.25) is 0 Å². The highest BCUT2D eigenvalue weighted by molar-refractivity contribution is 6.11. The monoisotopic (exact) mass is 765 g/mol. The minimum absolute atomic E-state index is 0.850. The van der Waals surface area contributed by atoms with Crippen LogP contribution in [-0.4, -0.2) is 0 Å². The molecule has 0 atom stereocenters. The quantitative estimate of drug-likeness (QED) is 0.153. The fourth-order valence-electron chi connectivity index (χ4n) is 8.78. The van der Waals surface area contributed by atoms with E-state index in [2.05, 4.69) is 235 Å². The van der Waals surface area contributed by atoms with Crippen molar-refractivity contribution in [3.63, 3.8) is 0 Å². The first-order valence-electron chi connectivity index (χ1n) is 20.5. The van der Waals surface area contributed by atoms with E-state index >= 15 is 0 Å². The Morgan fingerprint density at radius 2 is 0.817 bits per heavy atom. The SMILES string of the molecule is c1ccc(-c2ccc(-c3ccccc3-c3ccccc3N(c3ccc(-c4ccc5ccccc5c4)cc3)c3cccc4c3oc3ccccc34)c(-c3ccccc3)c2)cc1. The van der Waals surface area contributed by atoms with Gasteiger partial charge in [0.05, 0.1) is 11.4 Å². The Morgan fingerprint density at radius 3 is 1.62 bits per heavy atom. The number of rotatable bonds is 8. The smallest absolute Gasteiger partial charge is 0.159 e. The van der Waals surface area contributed by atoms with E-state index in [1.54, 1.807) is 0 Å². The number of para-hydroxylation sites is 3. The minimum atomic E-state index is 0.850. The molecular weight excluding hydrogens is 727 g/mol. The lowest BCUT2D eigenvalue weighted by Crippen LogP contribution is -2.11. The fraction of sp³-hybridized carbons (Fsp3) is 0. The predicted octanol–water partition coefficient (Wildman–Crippen LogP) is 16.5. The highest BCUT2D eigenvalue weighted by Gasteiger charge is 2.24. The summed E-state index contributed by atoms with van der Waals surface area (Å²) in [6, 6.07) is 84.9. The molecule has 2 nitrogen and oxygen atoms in total. The second-order valence-electron chi connectivity index (χ2n) is 15.3. The van der Waals surface area contributed by atoms with Gasteiger partial charge >= 0.3 is 0 Å². The third-order valence-electron chi connectivity index (χ3n) is 11.7. The van der Waals surface area contributed by atoms with Crippen LogP contribution in [0.25, 0.3) is 88.3 Å². The van der Waals surface area contributed by atoms with Crippen molar-refractivity contribution in [2.75, 3.05) is 4.90 Å². The molecule has 2 heteroatoms. The number of fused-ring (bicyclic) bond motifs is 4. The van der Waals surface area contributed by atoms with Crippen molar-refractivity contribution in [1.82, 2.24) is 0 Å². The molecule has 11 rings (SSSR count). The zero-order chi connectivity index (χ0) is 39.8. The van der Waals surface area contributed by atoms with Crippen molar-refractivity contribution >= 4 is 49.8 Å². The number of nitrogens with zero attached hydrogens (tertiary/aromatic N) is 1. The van der Waals surface area contributed by atoms with Gasteiger partial charge < -0.3 is 9.32 Å². The molecule has 60 heavy (non-hydrogen) atoms. The topological polar surface area (TPSA) is 16.4 Å². The highest BCUT2D eigenvalue weighted by atomic mass is 16.3. The van der Waals surface area contributed by atoms with E-state index in [9.17, 15) is 0 Å². The number of benzene rings is 10. The number of hydrogen-bond acceptors (Lipinski definition) is 2. The van der Waals surface area contributed by atoms with Gasteiger partial charge in [0.1, 0.15) is 5.58 Å². The molecule has 0 aliphatic rings. The zero-order valence-electron chi connectivity index (χ0n) is 32.9. The molecule has 0 aliphatic heterocycles. The number of anilines is 3. The molecule has 0 amide bonds. The summed E-state index contributed by atoms with van der Waals surface area (Å²) in [6.45, 7) is 0. The molecule has 0 radical (unpaired) electrons. The maximum absolute atomic E-state index is 6.75. The Bertz CT molecular complexity index is 3310. The summed E-state index contributed by atoms with van der Waals surface area (Å²) in [5.41, 5.74) is 16.5. The Labute approximate surface area is 349 Å². The van der Waals surface area contributed by atoms with Crippen LogP contribution < -0.4 is 4.90 Å². The van der Waals surface area contributed by atoms with Gasteiger partial charge in [-0.15, -0.1) is 0 Å². The Balaban J connectivity index is 1.11. The second-order valence-corrected chi connectivity index (χ2v) is 15.3. The average molecular weight is 766 g/mol. The lowest BCUT2D eigenvalue weighted by Gasteiger charge is -2.28. The third kappa shape index (κ3) is 6.32. The summed E-state index contributed by atoms with van der Waals surface area (Å²) in [5.74, 6) is 0. The Morgan fingerprint density at radius 1 is 0.283 bits per heavy atom. The first-order chi connectivity index (χ1) is 29.8. The zero-order valence-corrected chi connectivity index (χ0v) is 32.9. The van der Waals surface area contributed by atoms with E-state index in [-0.39, 0.29) is 0 Å². The largest absolute Gasteiger partial charge is 0.454 e. The molecular formula is C58H39NO. The van der Waals surface area contributed by atoms with E-state index in [0.29, 0.717) is 0 Å². The van der Waals surface area contributed by atoms with Crippen LogP contribution in [0.1, 0.15) is 0 Å². The Kier molecular flexibility index (Phi) is 8.87. The van der Waals surface area contributed by atoms with Crippen LogP contribution in [0.3, 0.4) is 0 Å². The van der Waals surface area contributed by atoms with E-state index in [0.717, 1.165) is 61.3 Å². The van der Waals surface area contributed by atoms with Crippen LogP contribution in [0.15, 0.2) is 241 Å². The summed E-state index contributed by atoms with van der Waals surface area (Å²) in [5, 5.41) is 4.66. The van der Waals surface area contributed by atoms with Crippen molar-refractivity contribution in [1.29, 1.82) is 0 Å².